The number of aromatic nitrogens is 3. The average molecular weight is 546 g/mol. The molecule has 0 N–H and O–H groups in total. The van der Waals surface area contributed by atoms with E-state index in [1.54, 1.807) is 41.5 Å². The molecule has 0 bridgehead atoms. The molecule has 4 rings (SSSR count). The van der Waals surface area contributed by atoms with Crippen molar-refractivity contribution in [2.45, 2.75) is 77.9 Å². The van der Waals surface area contributed by atoms with E-state index in [4.69, 9.17) is 24.4 Å². The summed E-state index contributed by atoms with van der Waals surface area (Å²) in [6, 6.07) is 19.4. The molecular weight excluding hydrogens is 506 g/mol. The number of anilines is 4. The van der Waals surface area contributed by atoms with E-state index in [0.29, 0.717) is 11.9 Å². The molecule has 2 aromatic carbocycles. The Morgan fingerprint density at radius 2 is 1.20 bits per heavy atom. The van der Waals surface area contributed by atoms with Gasteiger partial charge < -0.3 is 14.4 Å². The number of hydrogen-bond acceptors (Lipinski definition) is 9. The van der Waals surface area contributed by atoms with Crippen LogP contribution in [0.4, 0.5) is 23.3 Å². The molecule has 1 aliphatic rings. The summed E-state index contributed by atoms with van der Waals surface area (Å²) < 4.78 is 11.4. The summed E-state index contributed by atoms with van der Waals surface area (Å²) in [5, 5.41) is 0. The van der Waals surface area contributed by atoms with Crippen LogP contribution in [-0.2, 0) is 19.1 Å². The van der Waals surface area contributed by atoms with Crippen LogP contribution in [0.2, 0.25) is 0 Å². The average Bonchev–Trinajstić information content (AvgIpc) is 2.88. The molecule has 0 spiro atoms. The monoisotopic (exact) mass is 545 g/mol. The predicted molar refractivity (Wildman–Crippen MR) is 155 cm³/mol. The normalized spacial score (nSPS) is 14.1. The first-order valence-electron chi connectivity index (χ1n) is 13.8. The van der Waals surface area contributed by atoms with E-state index in [9.17, 15) is 9.59 Å². The Labute approximate surface area is 236 Å². The van der Waals surface area contributed by atoms with Crippen molar-refractivity contribution in [3.8, 4) is 0 Å². The lowest BCUT2D eigenvalue weighted by atomic mass is 10.1. The molecule has 1 aliphatic heterocycles. The highest BCUT2D eigenvalue weighted by molar-refractivity contribution is 6.00. The summed E-state index contributed by atoms with van der Waals surface area (Å²) in [5.74, 6) is -2.33. The van der Waals surface area contributed by atoms with Crippen LogP contribution in [0, 0.1) is 0 Å². The van der Waals surface area contributed by atoms with Crippen LogP contribution in [0.25, 0.3) is 0 Å². The van der Waals surface area contributed by atoms with Gasteiger partial charge in [-0.3, -0.25) is 14.5 Å². The van der Waals surface area contributed by atoms with Crippen LogP contribution in [0.15, 0.2) is 60.7 Å². The fourth-order valence-electron chi connectivity index (χ4n) is 4.40. The second-order valence-corrected chi connectivity index (χ2v) is 11.8. The minimum atomic E-state index is -1.49. The van der Waals surface area contributed by atoms with Gasteiger partial charge in [-0.05, 0) is 85.1 Å². The fraction of sp³-hybridized carbons (Fsp3) is 0.452. The zero-order valence-corrected chi connectivity index (χ0v) is 24.3. The van der Waals surface area contributed by atoms with Crippen molar-refractivity contribution in [1.29, 1.82) is 0 Å². The molecule has 0 aliphatic carbocycles. The smallest absolute Gasteiger partial charge is 0.328 e. The Kier molecular flexibility index (Phi) is 8.71. The van der Waals surface area contributed by atoms with Gasteiger partial charge in [0.15, 0.2) is 5.82 Å². The molecule has 9 heteroatoms. The van der Waals surface area contributed by atoms with E-state index in [1.165, 1.54) is 0 Å². The molecule has 1 saturated heterocycles. The van der Waals surface area contributed by atoms with Gasteiger partial charge in [0, 0.05) is 24.5 Å². The van der Waals surface area contributed by atoms with E-state index >= 15 is 0 Å². The number of carbonyl (C=O) groups is 2. The molecule has 2 heterocycles. The van der Waals surface area contributed by atoms with Gasteiger partial charge in [-0.15, -0.1) is 0 Å². The van der Waals surface area contributed by atoms with E-state index in [1.807, 2.05) is 65.6 Å². The summed E-state index contributed by atoms with van der Waals surface area (Å²) in [5.41, 5.74) is -0.0190. The summed E-state index contributed by atoms with van der Waals surface area (Å²) in [6.07, 6.45) is 3.12. The van der Waals surface area contributed by atoms with E-state index in [-0.39, 0.29) is 5.82 Å². The summed E-state index contributed by atoms with van der Waals surface area (Å²) in [7, 11) is 0. The highest BCUT2D eigenvalue weighted by Gasteiger charge is 2.40. The first-order chi connectivity index (χ1) is 18.9. The number of esters is 2. The number of nitrogens with zero attached hydrogens (tertiary/aromatic N) is 5. The number of carbonyl (C=O) groups excluding carboxylic acids is 2. The SMILES string of the molecule is CC(C)(C)OC(=O)C(C(=O)OC(C)(C)C)c1nc(N2CCCCC2)nc(N(c2ccccc2)c2ccccc2)n1. The second kappa shape index (κ2) is 12.0. The van der Waals surface area contributed by atoms with Crippen molar-refractivity contribution in [3.05, 3.63) is 66.5 Å². The number of ether oxygens (including phenoxy) is 2. The number of benzene rings is 2. The van der Waals surface area contributed by atoms with Gasteiger partial charge in [0.05, 0.1) is 0 Å². The predicted octanol–water partition coefficient (Wildman–Crippen LogP) is 6.10. The minimum Gasteiger partial charge on any atom is -0.459 e. The first kappa shape index (κ1) is 29.0. The Bertz CT molecular complexity index is 1230. The van der Waals surface area contributed by atoms with Crippen LogP contribution in [-0.4, -0.2) is 51.2 Å². The highest BCUT2D eigenvalue weighted by Crippen LogP contribution is 2.34. The van der Waals surface area contributed by atoms with Gasteiger partial charge in [0.25, 0.3) is 0 Å². The maximum Gasteiger partial charge on any atom is 0.328 e. The standard InChI is InChI=1S/C31H39N5O4/c1-30(2,3)39-26(37)24(27(38)40-31(4,5)6)25-32-28(35-20-14-9-15-21-35)34-29(33-25)36(22-16-10-7-11-17-22)23-18-12-8-13-19-23/h7-8,10-13,16-19,24H,9,14-15,20-21H2,1-6H3. The molecule has 0 radical (unpaired) electrons. The van der Waals surface area contributed by atoms with Gasteiger partial charge in [-0.2, -0.15) is 15.0 Å². The van der Waals surface area contributed by atoms with Gasteiger partial charge >= 0.3 is 11.9 Å². The molecule has 3 aromatic rings. The van der Waals surface area contributed by atoms with Crippen LogP contribution >= 0.6 is 0 Å². The quantitative estimate of drug-likeness (QED) is 0.258. The van der Waals surface area contributed by atoms with Gasteiger partial charge in [0.1, 0.15) is 11.2 Å². The molecule has 0 atom stereocenters. The topological polar surface area (TPSA) is 97.8 Å². The summed E-state index contributed by atoms with van der Waals surface area (Å²) in [4.78, 5) is 45.4. The van der Waals surface area contributed by atoms with Crippen molar-refractivity contribution in [2.24, 2.45) is 0 Å². The van der Waals surface area contributed by atoms with Crippen molar-refractivity contribution in [3.63, 3.8) is 0 Å². The highest BCUT2D eigenvalue weighted by atomic mass is 16.6. The van der Waals surface area contributed by atoms with Gasteiger partial charge in [-0.1, -0.05) is 36.4 Å². The number of rotatable bonds is 7. The Hall–Kier alpha value is -4.01. The molecule has 1 fully saturated rings. The molecular formula is C31H39N5O4. The number of piperidine rings is 1. The van der Waals surface area contributed by atoms with Crippen molar-refractivity contribution >= 4 is 35.2 Å². The maximum atomic E-state index is 13.5. The second-order valence-electron chi connectivity index (χ2n) is 11.8. The van der Waals surface area contributed by atoms with E-state index in [2.05, 4.69) is 4.90 Å². The van der Waals surface area contributed by atoms with E-state index in [0.717, 1.165) is 43.7 Å². The first-order valence-corrected chi connectivity index (χ1v) is 13.8. The van der Waals surface area contributed by atoms with E-state index < -0.39 is 29.1 Å². The van der Waals surface area contributed by atoms with Crippen molar-refractivity contribution in [1.82, 2.24) is 15.0 Å². The third-order valence-electron chi connectivity index (χ3n) is 6.04. The Morgan fingerprint density at radius 3 is 1.65 bits per heavy atom. The molecule has 1 aromatic heterocycles. The zero-order chi connectivity index (χ0) is 28.9. The third-order valence-corrected chi connectivity index (χ3v) is 6.04. The van der Waals surface area contributed by atoms with Crippen LogP contribution in [0.3, 0.4) is 0 Å². The number of hydrogen-bond donors (Lipinski definition) is 0. The summed E-state index contributed by atoms with van der Waals surface area (Å²) >= 11 is 0. The fourth-order valence-corrected chi connectivity index (χ4v) is 4.40. The van der Waals surface area contributed by atoms with Crippen LogP contribution in [0.5, 0.6) is 0 Å². The Morgan fingerprint density at radius 1 is 0.725 bits per heavy atom. The van der Waals surface area contributed by atoms with Crippen LogP contribution < -0.4 is 9.80 Å². The third kappa shape index (κ3) is 7.55. The van der Waals surface area contributed by atoms with Crippen molar-refractivity contribution in [2.75, 3.05) is 22.9 Å². The lowest BCUT2D eigenvalue weighted by Gasteiger charge is -2.30. The molecule has 212 valence electrons. The molecule has 9 nitrogen and oxygen atoms in total. The van der Waals surface area contributed by atoms with Crippen LogP contribution in [0.1, 0.15) is 72.5 Å². The number of para-hydroxylation sites is 2. The molecule has 40 heavy (non-hydrogen) atoms. The summed E-state index contributed by atoms with van der Waals surface area (Å²) in [6.45, 7) is 12.0. The van der Waals surface area contributed by atoms with Gasteiger partial charge in [-0.25, -0.2) is 0 Å². The Balaban J connectivity index is 1.92. The maximum absolute atomic E-state index is 13.5. The minimum absolute atomic E-state index is 0.00839. The lowest BCUT2D eigenvalue weighted by Crippen LogP contribution is -2.37. The molecule has 0 saturated carbocycles. The van der Waals surface area contributed by atoms with Crippen molar-refractivity contribution < 1.29 is 19.1 Å². The van der Waals surface area contributed by atoms with Gasteiger partial charge in [0.2, 0.25) is 17.8 Å². The molecule has 0 unspecified atom stereocenters. The lowest BCUT2D eigenvalue weighted by molar-refractivity contribution is -0.169. The zero-order valence-electron chi connectivity index (χ0n) is 24.3. The molecule has 0 amide bonds. The largest absolute Gasteiger partial charge is 0.459 e.